The Morgan fingerprint density at radius 3 is 2.77 bits per heavy atom. The highest BCUT2D eigenvalue weighted by atomic mass is 32.2. The zero-order valence-electron chi connectivity index (χ0n) is 19.0. The van der Waals surface area contributed by atoms with Crippen LogP contribution < -0.4 is 19.5 Å². The number of ether oxygens (including phenoxy) is 3. The van der Waals surface area contributed by atoms with E-state index in [1.54, 1.807) is 42.5 Å². The molecule has 3 heterocycles. The Labute approximate surface area is 206 Å². The topological polar surface area (TPSA) is 120 Å². The molecule has 3 aromatic rings. The minimum absolute atomic E-state index is 0.134. The number of rotatable bonds is 7. The van der Waals surface area contributed by atoms with Crippen molar-refractivity contribution in [2.75, 3.05) is 31.8 Å². The van der Waals surface area contributed by atoms with Crippen LogP contribution in [0.15, 0.2) is 47.4 Å². The van der Waals surface area contributed by atoms with E-state index in [2.05, 4.69) is 15.5 Å². The van der Waals surface area contributed by atoms with Gasteiger partial charge in [0.1, 0.15) is 10.8 Å². The smallest absolute Gasteiger partial charge is 0.286 e. The number of carbonyl (C=O) groups is 1. The molecule has 2 aromatic carbocycles. The van der Waals surface area contributed by atoms with Gasteiger partial charge in [0.2, 0.25) is 21.8 Å². The maximum atomic E-state index is 13.2. The number of hydrogen-bond acceptors (Lipinski definition) is 9. The van der Waals surface area contributed by atoms with Crippen LogP contribution in [0.3, 0.4) is 0 Å². The molecule has 1 aromatic heterocycles. The first kappa shape index (κ1) is 23.5. The minimum atomic E-state index is -3.66. The fourth-order valence-electron chi connectivity index (χ4n) is 4.04. The molecular weight excluding hydrogens is 492 g/mol. The lowest BCUT2D eigenvalue weighted by molar-refractivity contribution is 0.102. The average Bonchev–Trinajstić information content (AvgIpc) is 3.55. The SMILES string of the molecule is CCOc1ccc(S(=O)(=O)N2CCCC(c3nnc(C(=O)Nc4ccc5c(c4)OCO5)s3)C2)cc1. The third kappa shape index (κ3) is 4.95. The van der Waals surface area contributed by atoms with Gasteiger partial charge in [-0.2, -0.15) is 4.31 Å². The standard InChI is InChI=1S/C23H24N4O6S2/c1-2-31-17-6-8-18(9-7-17)35(29,30)27-11-3-4-15(13-27)22-25-26-23(34-22)21(28)24-16-5-10-19-20(12-16)33-14-32-19/h5-10,12,15H,2-4,11,13-14H2,1H3,(H,24,28). The molecule has 184 valence electrons. The first-order chi connectivity index (χ1) is 16.9. The van der Waals surface area contributed by atoms with E-state index in [0.29, 0.717) is 47.5 Å². The van der Waals surface area contributed by atoms with E-state index in [1.165, 1.54) is 15.6 Å². The van der Waals surface area contributed by atoms with E-state index in [1.807, 2.05) is 6.92 Å². The van der Waals surface area contributed by atoms with Gasteiger partial charge in [-0.15, -0.1) is 10.2 Å². The molecular formula is C23H24N4O6S2. The molecule has 1 atom stereocenters. The van der Waals surface area contributed by atoms with Crippen LogP contribution in [0, 0.1) is 0 Å². The van der Waals surface area contributed by atoms with Crippen molar-refractivity contribution in [2.45, 2.75) is 30.6 Å². The van der Waals surface area contributed by atoms with Crippen molar-refractivity contribution < 1.29 is 27.4 Å². The summed E-state index contributed by atoms with van der Waals surface area (Å²) in [6.45, 7) is 3.26. The van der Waals surface area contributed by atoms with Crippen molar-refractivity contribution in [3.63, 3.8) is 0 Å². The lowest BCUT2D eigenvalue weighted by Gasteiger charge is -2.30. The first-order valence-electron chi connectivity index (χ1n) is 11.2. The van der Waals surface area contributed by atoms with E-state index in [9.17, 15) is 13.2 Å². The van der Waals surface area contributed by atoms with Crippen LogP contribution in [-0.4, -0.2) is 55.3 Å². The van der Waals surface area contributed by atoms with Crippen LogP contribution in [0.5, 0.6) is 17.2 Å². The number of amides is 1. The number of hydrogen-bond donors (Lipinski definition) is 1. The molecule has 0 spiro atoms. The zero-order chi connectivity index (χ0) is 24.4. The summed E-state index contributed by atoms with van der Waals surface area (Å²) in [7, 11) is -3.66. The van der Waals surface area contributed by atoms with Crippen LogP contribution in [0.25, 0.3) is 0 Å². The van der Waals surface area contributed by atoms with Gasteiger partial charge in [0, 0.05) is 30.8 Å². The van der Waals surface area contributed by atoms with Crippen molar-refractivity contribution in [3.05, 3.63) is 52.5 Å². The van der Waals surface area contributed by atoms with Gasteiger partial charge in [-0.1, -0.05) is 11.3 Å². The molecule has 35 heavy (non-hydrogen) atoms. The molecule has 12 heteroatoms. The van der Waals surface area contributed by atoms with E-state index in [0.717, 1.165) is 6.42 Å². The van der Waals surface area contributed by atoms with Crippen molar-refractivity contribution in [1.82, 2.24) is 14.5 Å². The predicted octanol–water partition coefficient (Wildman–Crippen LogP) is 3.49. The molecule has 1 saturated heterocycles. The van der Waals surface area contributed by atoms with Crippen LogP contribution in [0.4, 0.5) is 5.69 Å². The normalized spacial score (nSPS) is 17.8. The predicted molar refractivity (Wildman–Crippen MR) is 129 cm³/mol. The lowest BCUT2D eigenvalue weighted by Crippen LogP contribution is -2.39. The number of nitrogens with zero attached hydrogens (tertiary/aromatic N) is 3. The number of benzene rings is 2. The van der Waals surface area contributed by atoms with Crippen molar-refractivity contribution >= 4 is 33.0 Å². The highest BCUT2D eigenvalue weighted by Gasteiger charge is 2.33. The monoisotopic (exact) mass is 516 g/mol. The Hall–Kier alpha value is -3.22. The zero-order valence-corrected chi connectivity index (χ0v) is 20.6. The average molecular weight is 517 g/mol. The fraction of sp³-hybridized carbons (Fsp3) is 0.348. The Morgan fingerprint density at radius 2 is 1.97 bits per heavy atom. The second-order valence-electron chi connectivity index (χ2n) is 8.07. The number of piperidine rings is 1. The molecule has 2 aliphatic heterocycles. The largest absolute Gasteiger partial charge is 0.494 e. The molecule has 5 rings (SSSR count). The van der Waals surface area contributed by atoms with Gasteiger partial charge in [-0.25, -0.2) is 8.42 Å². The molecule has 0 aliphatic carbocycles. The number of nitrogens with one attached hydrogen (secondary N) is 1. The van der Waals surface area contributed by atoms with Gasteiger partial charge in [0.15, 0.2) is 11.5 Å². The number of aromatic nitrogens is 2. The fourth-order valence-corrected chi connectivity index (χ4v) is 6.42. The molecule has 1 N–H and O–H groups in total. The number of fused-ring (bicyclic) bond motifs is 1. The third-order valence-electron chi connectivity index (χ3n) is 5.77. The van der Waals surface area contributed by atoms with E-state index in [4.69, 9.17) is 14.2 Å². The van der Waals surface area contributed by atoms with Gasteiger partial charge < -0.3 is 19.5 Å². The van der Waals surface area contributed by atoms with Crippen molar-refractivity contribution in [3.8, 4) is 17.2 Å². The third-order valence-corrected chi connectivity index (χ3v) is 8.74. The molecule has 0 saturated carbocycles. The molecule has 2 aliphatic rings. The molecule has 0 bridgehead atoms. The molecule has 1 fully saturated rings. The van der Waals surface area contributed by atoms with Crippen LogP contribution >= 0.6 is 11.3 Å². The maximum Gasteiger partial charge on any atom is 0.286 e. The Kier molecular flexibility index (Phi) is 6.58. The number of carbonyl (C=O) groups excluding carboxylic acids is 1. The van der Waals surface area contributed by atoms with Crippen molar-refractivity contribution in [1.29, 1.82) is 0 Å². The van der Waals surface area contributed by atoms with Crippen LogP contribution in [-0.2, 0) is 10.0 Å². The van der Waals surface area contributed by atoms with Gasteiger partial charge in [0.05, 0.1) is 11.5 Å². The minimum Gasteiger partial charge on any atom is -0.494 e. The van der Waals surface area contributed by atoms with E-state index >= 15 is 0 Å². The summed E-state index contributed by atoms with van der Waals surface area (Å²) in [5.74, 6) is 1.30. The summed E-state index contributed by atoms with van der Waals surface area (Å²) in [6.07, 6.45) is 1.47. The summed E-state index contributed by atoms with van der Waals surface area (Å²) in [6, 6.07) is 11.6. The van der Waals surface area contributed by atoms with E-state index in [-0.39, 0.29) is 35.1 Å². The summed E-state index contributed by atoms with van der Waals surface area (Å²) in [5, 5.41) is 11.9. The quantitative estimate of drug-likeness (QED) is 0.507. The molecule has 1 unspecified atom stereocenters. The Balaban J connectivity index is 1.26. The van der Waals surface area contributed by atoms with Gasteiger partial charge in [-0.3, -0.25) is 4.79 Å². The summed E-state index contributed by atoms with van der Waals surface area (Å²) < 4.78 is 43.9. The highest BCUT2D eigenvalue weighted by Crippen LogP contribution is 2.35. The molecule has 0 radical (unpaired) electrons. The van der Waals surface area contributed by atoms with Crippen molar-refractivity contribution in [2.24, 2.45) is 0 Å². The number of anilines is 1. The Morgan fingerprint density at radius 1 is 1.17 bits per heavy atom. The number of sulfonamides is 1. The first-order valence-corrected chi connectivity index (χ1v) is 13.5. The maximum absolute atomic E-state index is 13.2. The summed E-state index contributed by atoms with van der Waals surface area (Å²) >= 11 is 1.18. The Bertz CT molecular complexity index is 1330. The second-order valence-corrected chi connectivity index (χ2v) is 11.0. The highest BCUT2D eigenvalue weighted by molar-refractivity contribution is 7.89. The van der Waals surface area contributed by atoms with Gasteiger partial charge in [0.25, 0.3) is 5.91 Å². The molecule has 1 amide bonds. The van der Waals surface area contributed by atoms with Gasteiger partial charge in [-0.05, 0) is 56.2 Å². The van der Waals surface area contributed by atoms with E-state index < -0.39 is 10.0 Å². The van der Waals surface area contributed by atoms with Crippen LogP contribution in [0.2, 0.25) is 0 Å². The lowest BCUT2D eigenvalue weighted by atomic mass is 10.0. The molecule has 10 nitrogen and oxygen atoms in total. The summed E-state index contributed by atoms with van der Waals surface area (Å²) in [5.41, 5.74) is 0.557. The second kappa shape index (κ2) is 9.80. The van der Waals surface area contributed by atoms with Crippen LogP contribution in [0.1, 0.15) is 40.5 Å². The van der Waals surface area contributed by atoms with Gasteiger partial charge >= 0.3 is 0 Å². The summed E-state index contributed by atoms with van der Waals surface area (Å²) in [4.78, 5) is 12.9.